The minimum absolute atomic E-state index is 0.352. The fraction of sp³-hybridized carbons (Fsp3) is 0.214. The Kier molecular flexibility index (Phi) is 5.05. The Labute approximate surface area is 125 Å². The zero-order chi connectivity index (χ0) is 14.5. The molecule has 0 radical (unpaired) electrons. The minimum Gasteiger partial charge on any atom is -0.497 e. The van der Waals surface area contributed by atoms with Crippen molar-refractivity contribution < 1.29 is 9.13 Å². The lowest BCUT2D eigenvalue weighted by atomic mass is 10.0. The van der Waals surface area contributed by atoms with Gasteiger partial charge in [0.2, 0.25) is 0 Å². The number of nitrogens with two attached hydrogens (primary N) is 1. The molecule has 0 spiro atoms. The van der Waals surface area contributed by atoms with Gasteiger partial charge in [0.1, 0.15) is 11.6 Å². The average Bonchev–Trinajstić information content (AvgIpc) is 2.47. The van der Waals surface area contributed by atoms with Gasteiger partial charge in [-0.3, -0.25) is 16.3 Å². The van der Waals surface area contributed by atoms with Crippen molar-refractivity contribution in [1.29, 1.82) is 0 Å². The van der Waals surface area contributed by atoms with Crippen molar-refractivity contribution in [3.63, 3.8) is 0 Å². The van der Waals surface area contributed by atoms with Gasteiger partial charge in [0, 0.05) is 34.4 Å². The highest BCUT2D eigenvalue weighted by atomic mass is 79.9. The van der Waals surface area contributed by atoms with Gasteiger partial charge in [-0.05, 0) is 34.1 Å². The number of benzene rings is 1. The summed E-state index contributed by atoms with van der Waals surface area (Å²) in [5, 5.41) is 0. The molecular formula is C14H15BrFN3O. The molecule has 106 valence electrons. The molecule has 2 rings (SSSR count). The molecule has 20 heavy (non-hydrogen) atoms. The predicted octanol–water partition coefficient (Wildman–Crippen LogP) is 2.74. The van der Waals surface area contributed by atoms with E-state index in [2.05, 4.69) is 26.3 Å². The third-order valence-corrected chi connectivity index (χ3v) is 3.46. The Morgan fingerprint density at radius 2 is 2.20 bits per heavy atom. The number of nitrogens with zero attached hydrogens (tertiary/aromatic N) is 1. The Bertz CT molecular complexity index is 577. The second-order valence-corrected chi connectivity index (χ2v) is 5.19. The summed E-state index contributed by atoms with van der Waals surface area (Å²) in [5.41, 5.74) is 3.94. The number of hydrogen-bond donors (Lipinski definition) is 2. The third kappa shape index (κ3) is 3.53. The molecule has 2 aromatic rings. The zero-order valence-corrected chi connectivity index (χ0v) is 12.5. The molecule has 1 aromatic carbocycles. The highest BCUT2D eigenvalue weighted by molar-refractivity contribution is 9.10. The average molecular weight is 340 g/mol. The number of methoxy groups -OCH3 is 1. The maximum Gasteiger partial charge on any atom is 0.131 e. The number of nitrogens with one attached hydrogen (secondary N) is 1. The summed E-state index contributed by atoms with van der Waals surface area (Å²) < 4.78 is 19.9. The van der Waals surface area contributed by atoms with Gasteiger partial charge in [-0.1, -0.05) is 6.07 Å². The fourth-order valence-electron chi connectivity index (χ4n) is 1.91. The van der Waals surface area contributed by atoms with Crippen molar-refractivity contribution in [3.8, 4) is 5.75 Å². The Morgan fingerprint density at radius 3 is 2.75 bits per heavy atom. The van der Waals surface area contributed by atoms with Crippen LogP contribution in [0.2, 0.25) is 0 Å². The van der Waals surface area contributed by atoms with E-state index in [9.17, 15) is 4.39 Å². The lowest BCUT2D eigenvalue weighted by molar-refractivity contribution is 0.409. The van der Waals surface area contributed by atoms with Crippen LogP contribution in [-0.2, 0) is 6.42 Å². The number of pyridine rings is 1. The van der Waals surface area contributed by atoms with Crippen molar-refractivity contribution in [3.05, 3.63) is 58.1 Å². The third-order valence-electron chi connectivity index (χ3n) is 2.99. The monoisotopic (exact) mass is 339 g/mol. The highest BCUT2D eigenvalue weighted by Gasteiger charge is 2.16. The van der Waals surface area contributed by atoms with Crippen molar-refractivity contribution in [2.45, 2.75) is 12.5 Å². The van der Waals surface area contributed by atoms with Crippen molar-refractivity contribution in [2.24, 2.45) is 5.84 Å². The van der Waals surface area contributed by atoms with Crippen LogP contribution in [0.4, 0.5) is 4.39 Å². The molecule has 0 amide bonds. The molecule has 0 saturated carbocycles. The van der Waals surface area contributed by atoms with E-state index in [1.807, 2.05) is 12.1 Å². The van der Waals surface area contributed by atoms with Gasteiger partial charge in [-0.25, -0.2) is 4.39 Å². The molecule has 1 unspecified atom stereocenters. The second kappa shape index (κ2) is 6.78. The molecule has 0 fully saturated rings. The van der Waals surface area contributed by atoms with Gasteiger partial charge >= 0.3 is 0 Å². The molecule has 6 heteroatoms. The first-order chi connectivity index (χ1) is 9.63. The number of ether oxygens (including phenoxy) is 1. The second-order valence-electron chi connectivity index (χ2n) is 4.28. The van der Waals surface area contributed by atoms with E-state index in [1.165, 1.54) is 13.2 Å². The van der Waals surface area contributed by atoms with Crippen LogP contribution in [0.1, 0.15) is 17.3 Å². The summed E-state index contributed by atoms with van der Waals surface area (Å²) in [6, 6.07) is 8.12. The van der Waals surface area contributed by atoms with Gasteiger partial charge in [-0.2, -0.15) is 0 Å². The van der Waals surface area contributed by atoms with Gasteiger partial charge < -0.3 is 4.74 Å². The number of hydrazine groups is 1. The summed E-state index contributed by atoms with van der Waals surface area (Å²) in [4.78, 5) is 4.27. The standard InChI is InChI=1S/C14H15BrFN3O/c1-20-11-4-5-12(13(16)7-11)14(19-17)6-10-3-2-9(15)8-18-10/h2-5,7-8,14,19H,6,17H2,1H3. The van der Waals surface area contributed by atoms with Crippen molar-refractivity contribution >= 4 is 15.9 Å². The molecule has 1 aromatic heterocycles. The van der Waals surface area contributed by atoms with Crippen LogP contribution in [0.15, 0.2) is 41.0 Å². The van der Waals surface area contributed by atoms with E-state index in [4.69, 9.17) is 10.6 Å². The first-order valence-corrected chi connectivity index (χ1v) is 6.83. The fourth-order valence-corrected chi connectivity index (χ4v) is 2.15. The van der Waals surface area contributed by atoms with E-state index in [0.29, 0.717) is 17.7 Å². The SMILES string of the molecule is COc1ccc(C(Cc2ccc(Br)cn2)NN)c(F)c1. The van der Waals surface area contributed by atoms with E-state index in [1.54, 1.807) is 18.3 Å². The van der Waals surface area contributed by atoms with Crippen LogP contribution in [0.5, 0.6) is 5.75 Å². The molecule has 3 N–H and O–H groups in total. The summed E-state index contributed by atoms with van der Waals surface area (Å²) in [6.45, 7) is 0. The van der Waals surface area contributed by atoms with Crippen LogP contribution >= 0.6 is 15.9 Å². The number of halogens is 2. The molecule has 1 heterocycles. The van der Waals surface area contributed by atoms with Gasteiger partial charge in [0.25, 0.3) is 0 Å². The lowest BCUT2D eigenvalue weighted by Crippen LogP contribution is -2.30. The number of aromatic nitrogens is 1. The molecule has 1 atom stereocenters. The topological polar surface area (TPSA) is 60.2 Å². The van der Waals surface area contributed by atoms with Crippen LogP contribution < -0.4 is 16.0 Å². The maximum atomic E-state index is 14.0. The van der Waals surface area contributed by atoms with Crippen LogP contribution in [0, 0.1) is 5.82 Å². The first kappa shape index (κ1) is 14.9. The Hall–Kier alpha value is -1.50. The summed E-state index contributed by atoms with van der Waals surface area (Å²) in [7, 11) is 1.50. The summed E-state index contributed by atoms with van der Waals surface area (Å²) in [5.74, 6) is 5.66. The van der Waals surface area contributed by atoms with E-state index in [-0.39, 0.29) is 11.9 Å². The summed E-state index contributed by atoms with van der Waals surface area (Å²) in [6.07, 6.45) is 2.19. The molecule has 0 aliphatic carbocycles. The highest BCUT2D eigenvalue weighted by Crippen LogP contribution is 2.24. The van der Waals surface area contributed by atoms with E-state index < -0.39 is 0 Å². The molecular weight excluding hydrogens is 325 g/mol. The van der Waals surface area contributed by atoms with Gasteiger partial charge in [0.05, 0.1) is 13.2 Å². The van der Waals surface area contributed by atoms with Crippen molar-refractivity contribution in [1.82, 2.24) is 10.4 Å². The smallest absolute Gasteiger partial charge is 0.131 e. The van der Waals surface area contributed by atoms with Crippen LogP contribution in [0.3, 0.4) is 0 Å². The van der Waals surface area contributed by atoms with Crippen LogP contribution in [0.25, 0.3) is 0 Å². The maximum absolute atomic E-state index is 14.0. The molecule has 4 nitrogen and oxygen atoms in total. The molecule has 0 aliphatic rings. The lowest BCUT2D eigenvalue weighted by Gasteiger charge is -2.17. The quantitative estimate of drug-likeness (QED) is 0.649. The first-order valence-electron chi connectivity index (χ1n) is 6.04. The van der Waals surface area contributed by atoms with E-state index in [0.717, 1.165) is 10.2 Å². The van der Waals surface area contributed by atoms with Crippen molar-refractivity contribution in [2.75, 3.05) is 7.11 Å². The number of hydrogen-bond acceptors (Lipinski definition) is 4. The molecule has 0 aliphatic heterocycles. The summed E-state index contributed by atoms with van der Waals surface area (Å²) >= 11 is 3.32. The van der Waals surface area contributed by atoms with E-state index >= 15 is 0 Å². The Balaban J connectivity index is 2.21. The zero-order valence-electron chi connectivity index (χ0n) is 10.9. The minimum atomic E-state index is -0.357. The predicted molar refractivity (Wildman–Crippen MR) is 78.7 cm³/mol. The normalized spacial score (nSPS) is 12.2. The molecule has 0 saturated heterocycles. The van der Waals surface area contributed by atoms with Gasteiger partial charge in [-0.15, -0.1) is 0 Å². The number of rotatable bonds is 5. The van der Waals surface area contributed by atoms with Crippen LogP contribution in [-0.4, -0.2) is 12.1 Å². The van der Waals surface area contributed by atoms with Gasteiger partial charge in [0.15, 0.2) is 0 Å². The molecule has 0 bridgehead atoms. The Morgan fingerprint density at radius 1 is 1.40 bits per heavy atom. The largest absolute Gasteiger partial charge is 0.497 e.